The van der Waals surface area contributed by atoms with Gasteiger partial charge in [0.25, 0.3) is 0 Å². The van der Waals surface area contributed by atoms with Crippen molar-refractivity contribution in [2.75, 3.05) is 19.6 Å². The molecule has 2 heteroatoms. The fourth-order valence-corrected chi connectivity index (χ4v) is 1.45. The Labute approximate surface area is 69.2 Å². The summed E-state index contributed by atoms with van der Waals surface area (Å²) in [6, 6.07) is 0. The van der Waals surface area contributed by atoms with Gasteiger partial charge in [0.15, 0.2) is 0 Å². The summed E-state index contributed by atoms with van der Waals surface area (Å²) < 4.78 is 0. The van der Waals surface area contributed by atoms with Crippen LogP contribution in [0, 0.1) is 5.92 Å². The Balaban J connectivity index is 1.89. The first kappa shape index (κ1) is 9.01. The molecule has 0 unspecified atom stereocenters. The molecule has 1 aliphatic heterocycles. The van der Waals surface area contributed by atoms with Crippen LogP contribution in [0.15, 0.2) is 0 Å². The molecule has 0 bridgehead atoms. The normalized spacial score (nSPS) is 20.7. The summed E-state index contributed by atoms with van der Waals surface area (Å²) in [7, 11) is 0. The zero-order valence-electron chi connectivity index (χ0n) is 7.58. The van der Waals surface area contributed by atoms with Crippen LogP contribution in [0.4, 0.5) is 0 Å². The average Bonchev–Trinajstić information content (AvgIpc) is 1.83. The van der Waals surface area contributed by atoms with Crippen molar-refractivity contribution in [2.24, 2.45) is 5.92 Å². The van der Waals surface area contributed by atoms with Gasteiger partial charge in [0.1, 0.15) is 0 Å². The third kappa shape index (κ3) is 3.21. The van der Waals surface area contributed by atoms with Crippen LogP contribution in [-0.2, 0) is 0 Å². The van der Waals surface area contributed by atoms with Gasteiger partial charge in [0.05, 0.1) is 6.10 Å². The minimum absolute atomic E-state index is 0.0333. The standard InChI is InChI=1S/C9H19NO/c1-8(2)4-3-5-10-6-9(11)7-10/h8-9,11H,3-7H2,1-2H3. The molecule has 1 aliphatic rings. The molecule has 0 amide bonds. The van der Waals surface area contributed by atoms with E-state index in [1.54, 1.807) is 0 Å². The van der Waals surface area contributed by atoms with Crippen LogP contribution in [0.2, 0.25) is 0 Å². The fourth-order valence-electron chi connectivity index (χ4n) is 1.45. The Bertz CT molecular complexity index is 108. The lowest BCUT2D eigenvalue weighted by Gasteiger charge is -2.35. The summed E-state index contributed by atoms with van der Waals surface area (Å²) in [5.41, 5.74) is 0. The highest BCUT2D eigenvalue weighted by molar-refractivity contribution is 4.78. The van der Waals surface area contributed by atoms with Crippen molar-refractivity contribution in [1.29, 1.82) is 0 Å². The van der Waals surface area contributed by atoms with Crippen LogP contribution in [0.1, 0.15) is 26.7 Å². The average molecular weight is 157 g/mol. The van der Waals surface area contributed by atoms with Crippen molar-refractivity contribution in [1.82, 2.24) is 4.90 Å². The van der Waals surface area contributed by atoms with Gasteiger partial charge in [-0.1, -0.05) is 13.8 Å². The highest BCUT2D eigenvalue weighted by Crippen LogP contribution is 2.10. The Morgan fingerprint density at radius 3 is 2.55 bits per heavy atom. The lowest BCUT2D eigenvalue weighted by atomic mass is 10.1. The lowest BCUT2D eigenvalue weighted by Crippen LogP contribution is -2.50. The number of nitrogens with zero attached hydrogens (tertiary/aromatic N) is 1. The Morgan fingerprint density at radius 1 is 1.45 bits per heavy atom. The fraction of sp³-hybridized carbons (Fsp3) is 1.00. The Morgan fingerprint density at radius 2 is 2.09 bits per heavy atom. The Hall–Kier alpha value is -0.0800. The third-order valence-electron chi connectivity index (χ3n) is 2.19. The maximum Gasteiger partial charge on any atom is 0.0793 e. The first-order valence-corrected chi connectivity index (χ1v) is 4.59. The van der Waals surface area contributed by atoms with E-state index in [1.807, 2.05) is 0 Å². The summed E-state index contributed by atoms with van der Waals surface area (Å²) in [5, 5.41) is 8.99. The van der Waals surface area contributed by atoms with E-state index in [-0.39, 0.29) is 6.10 Å². The molecule has 1 saturated heterocycles. The second kappa shape index (κ2) is 4.07. The van der Waals surface area contributed by atoms with Gasteiger partial charge in [0, 0.05) is 13.1 Å². The number of rotatable bonds is 4. The molecule has 0 spiro atoms. The second-order valence-corrected chi connectivity index (χ2v) is 3.95. The van der Waals surface area contributed by atoms with Crippen molar-refractivity contribution in [3.05, 3.63) is 0 Å². The zero-order valence-corrected chi connectivity index (χ0v) is 7.58. The number of likely N-dealkylation sites (tertiary alicyclic amines) is 1. The van der Waals surface area contributed by atoms with Crippen LogP contribution >= 0.6 is 0 Å². The van der Waals surface area contributed by atoms with E-state index < -0.39 is 0 Å². The van der Waals surface area contributed by atoms with Crippen LogP contribution in [0.5, 0.6) is 0 Å². The number of β-amino-alcohol motifs (C(OH)–C–C–N with tert-alkyl or cyclic N) is 1. The molecule has 0 saturated carbocycles. The molecule has 0 aromatic heterocycles. The number of aliphatic hydroxyl groups is 1. The largest absolute Gasteiger partial charge is 0.390 e. The van der Waals surface area contributed by atoms with Crippen molar-refractivity contribution >= 4 is 0 Å². The molecule has 0 atom stereocenters. The molecule has 11 heavy (non-hydrogen) atoms. The maximum atomic E-state index is 8.99. The summed E-state index contributed by atoms with van der Waals surface area (Å²) in [6.45, 7) is 7.49. The maximum absolute atomic E-state index is 8.99. The molecule has 0 aliphatic carbocycles. The van der Waals surface area contributed by atoms with Crippen molar-refractivity contribution in [2.45, 2.75) is 32.8 Å². The summed E-state index contributed by atoms with van der Waals surface area (Å²) in [5.74, 6) is 0.821. The summed E-state index contributed by atoms with van der Waals surface area (Å²) >= 11 is 0. The molecule has 0 aromatic rings. The van der Waals surface area contributed by atoms with Gasteiger partial charge in [-0.25, -0.2) is 0 Å². The molecular formula is C9H19NO. The first-order valence-electron chi connectivity index (χ1n) is 4.59. The van der Waals surface area contributed by atoms with Crippen LogP contribution in [0.3, 0.4) is 0 Å². The number of aliphatic hydroxyl groups excluding tert-OH is 1. The third-order valence-corrected chi connectivity index (χ3v) is 2.19. The molecule has 1 rings (SSSR count). The van der Waals surface area contributed by atoms with Crippen molar-refractivity contribution < 1.29 is 5.11 Å². The van der Waals surface area contributed by atoms with Gasteiger partial charge in [-0.15, -0.1) is 0 Å². The van der Waals surface area contributed by atoms with Gasteiger partial charge in [-0.3, -0.25) is 4.90 Å². The van der Waals surface area contributed by atoms with Gasteiger partial charge in [0.2, 0.25) is 0 Å². The number of hydrogen-bond acceptors (Lipinski definition) is 2. The first-order chi connectivity index (χ1) is 5.18. The molecule has 0 aromatic carbocycles. The van der Waals surface area contributed by atoms with Gasteiger partial charge < -0.3 is 5.11 Å². The minimum Gasteiger partial charge on any atom is -0.390 e. The van der Waals surface area contributed by atoms with Gasteiger partial charge >= 0.3 is 0 Å². The summed E-state index contributed by atoms with van der Waals surface area (Å²) in [4.78, 5) is 2.31. The molecule has 2 nitrogen and oxygen atoms in total. The highest BCUT2D eigenvalue weighted by atomic mass is 16.3. The van der Waals surface area contributed by atoms with Crippen LogP contribution < -0.4 is 0 Å². The van der Waals surface area contributed by atoms with E-state index in [0.717, 1.165) is 19.0 Å². The monoisotopic (exact) mass is 157 g/mol. The molecule has 66 valence electrons. The zero-order chi connectivity index (χ0) is 8.27. The minimum atomic E-state index is -0.0333. The van der Waals surface area contributed by atoms with E-state index in [0.29, 0.717) is 0 Å². The van der Waals surface area contributed by atoms with E-state index in [1.165, 1.54) is 19.4 Å². The van der Waals surface area contributed by atoms with E-state index >= 15 is 0 Å². The second-order valence-electron chi connectivity index (χ2n) is 3.95. The van der Waals surface area contributed by atoms with E-state index in [4.69, 9.17) is 5.11 Å². The predicted molar refractivity (Wildman–Crippen MR) is 46.5 cm³/mol. The van der Waals surface area contributed by atoms with Crippen molar-refractivity contribution in [3.63, 3.8) is 0 Å². The van der Waals surface area contributed by atoms with E-state index in [9.17, 15) is 0 Å². The van der Waals surface area contributed by atoms with Crippen LogP contribution in [0.25, 0.3) is 0 Å². The van der Waals surface area contributed by atoms with Gasteiger partial charge in [-0.05, 0) is 25.3 Å². The molecule has 1 heterocycles. The summed E-state index contributed by atoms with van der Waals surface area (Å²) in [6.07, 6.45) is 2.56. The highest BCUT2D eigenvalue weighted by Gasteiger charge is 2.22. The quantitative estimate of drug-likeness (QED) is 0.660. The molecule has 1 N–H and O–H groups in total. The van der Waals surface area contributed by atoms with Gasteiger partial charge in [-0.2, -0.15) is 0 Å². The topological polar surface area (TPSA) is 23.5 Å². The molecule has 0 radical (unpaired) electrons. The number of hydrogen-bond donors (Lipinski definition) is 1. The molecular weight excluding hydrogens is 138 g/mol. The Kier molecular flexibility index (Phi) is 3.34. The van der Waals surface area contributed by atoms with Crippen LogP contribution in [-0.4, -0.2) is 35.7 Å². The predicted octanol–water partition coefficient (Wildman–Crippen LogP) is 1.10. The van der Waals surface area contributed by atoms with E-state index in [2.05, 4.69) is 18.7 Å². The van der Waals surface area contributed by atoms with Crippen molar-refractivity contribution in [3.8, 4) is 0 Å². The molecule has 1 fully saturated rings. The smallest absolute Gasteiger partial charge is 0.0793 e. The lowest BCUT2D eigenvalue weighted by molar-refractivity contribution is 0.00114. The SMILES string of the molecule is CC(C)CCCN1CC(O)C1.